The van der Waals surface area contributed by atoms with Gasteiger partial charge >= 0.3 is 12.1 Å². The number of nitrogens with one attached hydrogen (secondary N) is 5. The van der Waals surface area contributed by atoms with Crippen molar-refractivity contribution in [2.24, 2.45) is 11.7 Å². The zero-order valence-corrected chi connectivity index (χ0v) is 39.5. The first-order valence-electron chi connectivity index (χ1n) is 23.5. The van der Waals surface area contributed by atoms with Crippen molar-refractivity contribution in [2.75, 3.05) is 18.4 Å². The van der Waals surface area contributed by atoms with Crippen molar-refractivity contribution in [2.45, 2.75) is 110 Å². The molecule has 1 fully saturated rings. The van der Waals surface area contributed by atoms with Crippen molar-refractivity contribution in [3.05, 3.63) is 96.4 Å². The Morgan fingerprint density at radius 3 is 2.39 bits per heavy atom. The van der Waals surface area contributed by atoms with E-state index in [0.29, 0.717) is 59.8 Å². The molecule has 7 rings (SSSR count). The maximum absolute atomic E-state index is 13.8. The van der Waals surface area contributed by atoms with Gasteiger partial charge in [0.1, 0.15) is 36.5 Å². The molecule has 2 aliphatic rings. The molecule has 21 heteroatoms. The van der Waals surface area contributed by atoms with E-state index in [0.717, 1.165) is 41.1 Å². The lowest BCUT2D eigenvalue weighted by atomic mass is 9.92. The molecule has 1 aliphatic heterocycles. The maximum Gasteiger partial charge on any atom is 0.410 e. The summed E-state index contributed by atoms with van der Waals surface area (Å²) in [6, 6.07) is 13.6. The van der Waals surface area contributed by atoms with E-state index in [4.69, 9.17) is 20.4 Å². The number of amides is 8. The van der Waals surface area contributed by atoms with Crippen LogP contribution in [0, 0.1) is 12.8 Å². The van der Waals surface area contributed by atoms with Crippen LogP contribution in [0.1, 0.15) is 88.7 Å². The number of nitrogens with zero attached hydrogens (tertiary/aromatic N) is 7. The van der Waals surface area contributed by atoms with E-state index in [1.54, 1.807) is 47.5 Å². The molecule has 0 bridgehead atoms. The standard InChI is InChI=1S/C49H59N13O8/c1-30(2)43(59-40(63)15-5-4-6-25-60-41(64)22-23-42(60)65)47(67)56-37(14-9-24-51-48(50)68)46(66)55-34-19-16-32(17-20-34)28-70-49(69)61(35-11-8-12-35)27-38-57-44(33-18-21-39-52-29-53-62(39)26-33)45(58-38)36-13-7-10-31(3)54-36/h7,10,13,16-23,26,29-30,35,37,43H,4-6,8-9,11-12,14-15,24-25,27-28H2,1-3H3,(H,55,66)(H,56,67)(H,57,58)(H,59,63)(H3,50,51,68). The second-order valence-electron chi connectivity index (χ2n) is 17.8. The van der Waals surface area contributed by atoms with Crippen LogP contribution in [0.2, 0.25) is 0 Å². The van der Waals surface area contributed by atoms with E-state index < -0.39 is 36.0 Å². The number of pyridine rings is 2. The number of carbonyl (C=O) groups excluding carboxylic acids is 7. The number of rotatable bonds is 23. The first-order valence-corrected chi connectivity index (χ1v) is 23.5. The number of aryl methyl sites for hydroxylation is 1. The fourth-order valence-corrected chi connectivity index (χ4v) is 8.09. The summed E-state index contributed by atoms with van der Waals surface area (Å²) < 4.78 is 7.55. The lowest BCUT2D eigenvalue weighted by Crippen LogP contribution is -2.54. The van der Waals surface area contributed by atoms with Gasteiger partial charge in [-0.05, 0) is 99.7 Å². The molecule has 8 amide bonds. The summed E-state index contributed by atoms with van der Waals surface area (Å²) in [5, 5.41) is 15.2. The minimum absolute atomic E-state index is 0.0276. The Balaban J connectivity index is 0.946. The van der Waals surface area contributed by atoms with Gasteiger partial charge in [-0.15, -0.1) is 0 Å². The number of unbranched alkanes of at least 4 members (excludes halogenated alkanes) is 2. The molecule has 368 valence electrons. The Labute approximate surface area is 404 Å². The lowest BCUT2D eigenvalue weighted by Gasteiger charge is -2.36. The normalized spacial score (nSPS) is 14.3. The molecule has 70 heavy (non-hydrogen) atoms. The zero-order valence-electron chi connectivity index (χ0n) is 39.5. The van der Waals surface area contributed by atoms with Gasteiger partial charge < -0.3 is 36.7 Å². The third kappa shape index (κ3) is 13.2. The first-order chi connectivity index (χ1) is 33.7. The molecule has 1 aliphatic carbocycles. The summed E-state index contributed by atoms with van der Waals surface area (Å²) in [5.74, 6) is -1.90. The number of aromatic amines is 1. The Morgan fingerprint density at radius 2 is 1.69 bits per heavy atom. The van der Waals surface area contributed by atoms with E-state index >= 15 is 0 Å². The van der Waals surface area contributed by atoms with Gasteiger partial charge in [0, 0.05) is 60.8 Å². The highest BCUT2D eigenvalue weighted by atomic mass is 16.6. The number of primary amides is 1. The zero-order chi connectivity index (χ0) is 49.7. The Kier molecular flexibility index (Phi) is 16.7. The molecule has 0 radical (unpaired) electrons. The first kappa shape index (κ1) is 49.9. The number of H-pyrrole nitrogens is 1. The molecule has 7 N–H and O–H groups in total. The van der Waals surface area contributed by atoms with Crippen molar-refractivity contribution in [1.29, 1.82) is 0 Å². The third-order valence-corrected chi connectivity index (χ3v) is 12.2. The van der Waals surface area contributed by atoms with Gasteiger partial charge in [-0.25, -0.2) is 24.1 Å². The summed E-state index contributed by atoms with van der Waals surface area (Å²) in [6.07, 6.45) is 10.1. The number of hydrogen-bond donors (Lipinski definition) is 6. The number of aromatic nitrogens is 6. The number of ether oxygens (including phenoxy) is 1. The average molecular weight is 958 g/mol. The Hall–Kier alpha value is -7.97. The predicted molar refractivity (Wildman–Crippen MR) is 257 cm³/mol. The van der Waals surface area contributed by atoms with Crippen LogP contribution in [0.3, 0.4) is 0 Å². The molecule has 0 spiro atoms. The Bertz CT molecular complexity index is 2710. The fraction of sp³-hybridized carbons (Fsp3) is 0.408. The minimum Gasteiger partial charge on any atom is -0.445 e. The van der Waals surface area contributed by atoms with Gasteiger partial charge in [-0.2, -0.15) is 5.10 Å². The average Bonchev–Trinajstić information content (AvgIpc) is 4.05. The largest absolute Gasteiger partial charge is 0.445 e. The molecule has 1 saturated carbocycles. The van der Waals surface area contributed by atoms with E-state index in [-0.39, 0.29) is 68.8 Å². The van der Waals surface area contributed by atoms with Crippen molar-refractivity contribution in [3.63, 3.8) is 0 Å². The minimum atomic E-state index is -1.05. The molecule has 2 atom stereocenters. The molecule has 0 saturated heterocycles. The molecular formula is C49H59N13O8. The van der Waals surface area contributed by atoms with Crippen molar-refractivity contribution < 1.29 is 38.3 Å². The molecular weight excluding hydrogens is 899 g/mol. The number of benzene rings is 1. The van der Waals surface area contributed by atoms with Gasteiger partial charge in [-0.3, -0.25) is 38.8 Å². The highest BCUT2D eigenvalue weighted by Gasteiger charge is 2.32. The maximum atomic E-state index is 13.8. The summed E-state index contributed by atoms with van der Waals surface area (Å²) in [4.78, 5) is 109. The number of imide groups is 1. The van der Waals surface area contributed by atoms with Crippen LogP contribution in [0.5, 0.6) is 0 Å². The van der Waals surface area contributed by atoms with Crippen LogP contribution in [0.25, 0.3) is 28.3 Å². The molecule has 21 nitrogen and oxygen atoms in total. The number of hydrogen-bond acceptors (Lipinski definition) is 12. The van der Waals surface area contributed by atoms with Crippen molar-refractivity contribution in [1.82, 2.24) is 55.3 Å². The van der Waals surface area contributed by atoms with Gasteiger partial charge in [0.05, 0.1) is 17.9 Å². The van der Waals surface area contributed by atoms with Crippen molar-refractivity contribution >= 4 is 53.0 Å². The van der Waals surface area contributed by atoms with Gasteiger partial charge in [0.25, 0.3) is 11.8 Å². The number of nitrogens with two attached hydrogens (primary N) is 1. The SMILES string of the molecule is Cc1cccc(-c2nc(CN(C(=O)OCc3ccc(NC(=O)C(CCCNC(N)=O)NC(=O)C(NC(=O)CCCCCN4C(=O)C=CC4=O)C(C)C)cc3)C3CCC3)[nH]c2-c2ccc3ncnn3c2)n1. The highest BCUT2D eigenvalue weighted by molar-refractivity contribution is 6.12. The second kappa shape index (κ2) is 23.4. The van der Waals surface area contributed by atoms with E-state index in [1.807, 2.05) is 43.5 Å². The molecule has 5 aromatic rings. The molecule has 1 aromatic carbocycles. The molecule has 4 aromatic heterocycles. The highest BCUT2D eigenvalue weighted by Crippen LogP contribution is 2.32. The van der Waals surface area contributed by atoms with E-state index in [9.17, 15) is 33.6 Å². The number of carbonyl (C=O) groups is 7. The fourth-order valence-electron chi connectivity index (χ4n) is 8.09. The van der Waals surface area contributed by atoms with E-state index in [1.165, 1.54) is 18.5 Å². The molecule has 5 heterocycles. The van der Waals surface area contributed by atoms with Crippen LogP contribution in [0.15, 0.2) is 79.3 Å². The number of urea groups is 1. The van der Waals surface area contributed by atoms with Crippen molar-refractivity contribution in [3.8, 4) is 22.6 Å². The predicted octanol–water partition coefficient (Wildman–Crippen LogP) is 4.68. The summed E-state index contributed by atoms with van der Waals surface area (Å²) in [7, 11) is 0. The van der Waals surface area contributed by atoms with Gasteiger partial charge in [0.2, 0.25) is 17.7 Å². The quantitative estimate of drug-likeness (QED) is 0.0385. The van der Waals surface area contributed by atoms with Gasteiger partial charge in [-0.1, -0.05) is 38.5 Å². The summed E-state index contributed by atoms with van der Waals surface area (Å²) in [6.45, 7) is 6.02. The Morgan fingerprint density at radius 1 is 0.914 bits per heavy atom. The summed E-state index contributed by atoms with van der Waals surface area (Å²) in [5.41, 5.74) is 10.7. The van der Waals surface area contributed by atoms with E-state index in [2.05, 4.69) is 36.3 Å². The van der Waals surface area contributed by atoms with Crippen LogP contribution in [0.4, 0.5) is 15.3 Å². The van der Waals surface area contributed by atoms with Gasteiger partial charge in [0.15, 0.2) is 5.65 Å². The second-order valence-corrected chi connectivity index (χ2v) is 17.8. The van der Waals surface area contributed by atoms with Crippen LogP contribution >= 0.6 is 0 Å². The van der Waals surface area contributed by atoms with Crippen LogP contribution < -0.4 is 27.0 Å². The number of imidazole rings is 1. The summed E-state index contributed by atoms with van der Waals surface area (Å²) >= 11 is 0. The van der Waals surface area contributed by atoms with Crippen LogP contribution in [-0.2, 0) is 41.9 Å². The van der Waals surface area contributed by atoms with Crippen LogP contribution in [-0.4, -0.2) is 112 Å². The number of anilines is 1. The smallest absolute Gasteiger partial charge is 0.410 e. The molecule has 2 unspecified atom stereocenters. The number of fused-ring (bicyclic) bond motifs is 1. The lowest BCUT2D eigenvalue weighted by molar-refractivity contribution is -0.137. The third-order valence-electron chi connectivity index (χ3n) is 12.2. The monoisotopic (exact) mass is 957 g/mol. The topological polar surface area (TPSA) is 281 Å².